The highest BCUT2D eigenvalue weighted by Crippen LogP contribution is 2.30. The standard InChI is InChI=1S/C21H23FN2O3S/c1-3-4-13-23(2)21(25)15-24-14-20(18-7-5-6-8-19(18)24)28(26,27)17-11-9-16(22)10-12-17/h5-12,14H,3-4,13,15H2,1-2H3. The van der Waals surface area contributed by atoms with Gasteiger partial charge in [-0.2, -0.15) is 0 Å². The van der Waals surface area contributed by atoms with E-state index in [1.54, 1.807) is 40.8 Å². The first-order valence-corrected chi connectivity index (χ1v) is 10.7. The fourth-order valence-corrected chi connectivity index (χ4v) is 4.56. The van der Waals surface area contributed by atoms with Crippen molar-refractivity contribution in [1.82, 2.24) is 9.47 Å². The average molecular weight is 402 g/mol. The lowest BCUT2D eigenvalue weighted by molar-refractivity contribution is -0.130. The number of para-hydroxylation sites is 1. The summed E-state index contributed by atoms with van der Waals surface area (Å²) in [6.07, 6.45) is 3.40. The second-order valence-corrected chi connectivity index (χ2v) is 8.68. The Morgan fingerprint density at radius 1 is 1.11 bits per heavy atom. The van der Waals surface area contributed by atoms with Crippen LogP contribution in [0.5, 0.6) is 0 Å². The number of carbonyl (C=O) groups is 1. The molecule has 3 aromatic rings. The molecule has 2 aromatic carbocycles. The SMILES string of the molecule is CCCCN(C)C(=O)Cn1cc(S(=O)(=O)c2ccc(F)cc2)c2ccccc21. The molecule has 0 atom stereocenters. The van der Waals surface area contributed by atoms with Crippen LogP contribution in [0, 0.1) is 5.82 Å². The topological polar surface area (TPSA) is 59.4 Å². The number of nitrogens with zero attached hydrogens (tertiary/aromatic N) is 2. The van der Waals surface area contributed by atoms with Gasteiger partial charge in [0.15, 0.2) is 0 Å². The Labute approximate surface area is 164 Å². The van der Waals surface area contributed by atoms with Crippen molar-refractivity contribution in [2.24, 2.45) is 0 Å². The first kappa shape index (κ1) is 20.1. The number of likely N-dealkylation sites (N-methyl/N-ethyl adjacent to an activating group) is 1. The van der Waals surface area contributed by atoms with E-state index >= 15 is 0 Å². The van der Waals surface area contributed by atoms with Gasteiger partial charge in [0.2, 0.25) is 15.7 Å². The van der Waals surface area contributed by atoms with Gasteiger partial charge < -0.3 is 9.47 Å². The number of aromatic nitrogens is 1. The van der Waals surface area contributed by atoms with Crippen LogP contribution in [0.25, 0.3) is 10.9 Å². The molecule has 5 nitrogen and oxygen atoms in total. The quantitative estimate of drug-likeness (QED) is 0.564. The Morgan fingerprint density at radius 3 is 2.46 bits per heavy atom. The number of fused-ring (bicyclic) bond motifs is 1. The molecule has 3 rings (SSSR count). The Balaban J connectivity index is 2.01. The molecule has 148 valence electrons. The maximum Gasteiger partial charge on any atom is 0.242 e. The number of sulfone groups is 1. The van der Waals surface area contributed by atoms with Crippen LogP contribution in [0.15, 0.2) is 64.5 Å². The van der Waals surface area contributed by atoms with Crippen LogP contribution >= 0.6 is 0 Å². The zero-order valence-corrected chi connectivity index (χ0v) is 16.7. The summed E-state index contributed by atoms with van der Waals surface area (Å²) in [5.41, 5.74) is 0.667. The van der Waals surface area contributed by atoms with Crippen molar-refractivity contribution in [3.8, 4) is 0 Å². The lowest BCUT2D eigenvalue weighted by Crippen LogP contribution is -2.30. The van der Waals surface area contributed by atoms with Crippen LogP contribution in [0.2, 0.25) is 0 Å². The molecule has 0 saturated carbocycles. The third-order valence-corrected chi connectivity index (χ3v) is 6.54. The monoisotopic (exact) mass is 402 g/mol. The number of unbranched alkanes of at least 4 members (excludes halogenated alkanes) is 1. The third-order valence-electron chi connectivity index (χ3n) is 4.74. The molecule has 0 unspecified atom stereocenters. The molecule has 0 radical (unpaired) electrons. The molecule has 0 saturated heterocycles. The summed E-state index contributed by atoms with van der Waals surface area (Å²) < 4.78 is 41.1. The molecule has 7 heteroatoms. The van der Waals surface area contributed by atoms with Crippen molar-refractivity contribution >= 4 is 26.6 Å². The Bertz CT molecular complexity index is 1090. The number of hydrogen-bond donors (Lipinski definition) is 0. The number of rotatable bonds is 7. The van der Waals surface area contributed by atoms with E-state index in [1.807, 2.05) is 0 Å². The summed E-state index contributed by atoms with van der Waals surface area (Å²) in [5, 5.41) is 0.538. The molecular weight excluding hydrogens is 379 g/mol. The predicted octanol–water partition coefficient (Wildman–Crippen LogP) is 3.87. The van der Waals surface area contributed by atoms with Gasteiger partial charge in [-0.1, -0.05) is 31.5 Å². The second-order valence-electron chi connectivity index (χ2n) is 6.76. The van der Waals surface area contributed by atoms with E-state index in [1.165, 1.54) is 18.3 Å². The number of hydrogen-bond acceptors (Lipinski definition) is 3. The van der Waals surface area contributed by atoms with Crippen LogP contribution < -0.4 is 0 Å². The van der Waals surface area contributed by atoms with Gasteiger partial charge in [0, 0.05) is 30.7 Å². The van der Waals surface area contributed by atoms with E-state index in [-0.39, 0.29) is 22.2 Å². The minimum Gasteiger partial charge on any atom is -0.344 e. The van der Waals surface area contributed by atoms with E-state index in [9.17, 15) is 17.6 Å². The molecule has 0 aliphatic heterocycles. The van der Waals surface area contributed by atoms with Gasteiger partial charge in [-0.3, -0.25) is 4.79 Å². The molecule has 0 fully saturated rings. The van der Waals surface area contributed by atoms with E-state index < -0.39 is 15.7 Å². The molecule has 0 bridgehead atoms. The smallest absolute Gasteiger partial charge is 0.242 e. The van der Waals surface area contributed by atoms with Gasteiger partial charge in [0.25, 0.3) is 0 Å². The van der Waals surface area contributed by atoms with Crippen LogP contribution in [-0.2, 0) is 21.2 Å². The average Bonchev–Trinajstić information content (AvgIpc) is 3.06. The number of amides is 1. The first-order chi connectivity index (χ1) is 13.3. The van der Waals surface area contributed by atoms with Crippen LogP contribution in [-0.4, -0.2) is 37.4 Å². The fourth-order valence-electron chi connectivity index (χ4n) is 3.09. The molecule has 0 spiro atoms. The minimum atomic E-state index is -3.84. The van der Waals surface area contributed by atoms with Crippen LogP contribution in [0.4, 0.5) is 4.39 Å². The normalized spacial score (nSPS) is 11.7. The summed E-state index contributed by atoms with van der Waals surface area (Å²) in [6.45, 7) is 2.78. The van der Waals surface area contributed by atoms with Crippen molar-refractivity contribution in [1.29, 1.82) is 0 Å². The molecule has 1 amide bonds. The molecule has 1 heterocycles. The largest absolute Gasteiger partial charge is 0.344 e. The molecule has 0 N–H and O–H groups in total. The van der Waals surface area contributed by atoms with Gasteiger partial charge >= 0.3 is 0 Å². The van der Waals surface area contributed by atoms with E-state index in [4.69, 9.17) is 0 Å². The Morgan fingerprint density at radius 2 is 1.79 bits per heavy atom. The van der Waals surface area contributed by atoms with Crippen molar-refractivity contribution in [2.75, 3.05) is 13.6 Å². The minimum absolute atomic E-state index is 0.0168. The summed E-state index contributed by atoms with van der Waals surface area (Å²) in [6, 6.07) is 11.8. The maximum absolute atomic E-state index is 13.2. The molecule has 0 aliphatic carbocycles. The molecule has 0 aliphatic rings. The lowest BCUT2D eigenvalue weighted by atomic mass is 10.2. The summed E-state index contributed by atoms with van der Waals surface area (Å²) >= 11 is 0. The van der Waals surface area contributed by atoms with Crippen molar-refractivity contribution < 1.29 is 17.6 Å². The highest BCUT2D eigenvalue weighted by Gasteiger charge is 2.24. The van der Waals surface area contributed by atoms with Crippen molar-refractivity contribution in [2.45, 2.75) is 36.1 Å². The van der Waals surface area contributed by atoms with Gasteiger partial charge in [-0.25, -0.2) is 12.8 Å². The van der Waals surface area contributed by atoms with E-state index in [0.29, 0.717) is 17.4 Å². The lowest BCUT2D eigenvalue weighted by Gasteiger charge is -2.17. The fraction of sp³-hybridized carbons (Fsp3) is 0.286. The van der Waals surface area contributed by atoms with Crippen LogP contribution in [0.3, 0.4) is 0 Å². The third kappa shape index (κ3) is 3.94. The van der Waals surface area contributed by atoms with E-state index in [0.717, 1.165) is 25.0 Å². The highest BCUT2D eigenvalue weighted by atomic mass is 32.2. The summed E-state index contributed by atoms with van der Waals surface area (Å²) in [4.78, 5) is 14.3. The highest BCUT2D eigenvalue weighted by molar-refractivity contribution is 7.91. The Hall–Kier alpha value is -2.67. The first-order valence-electron chi connectivity index (χ1n) is 9.17. The maximum atomic E-state index is 13.2. The molecule has 28 heavy (non-hydrogen) atoms. The number of halogens is 1. The summed E-state index contributed by atoms with van der Waals surface area (Å²) in [7, 11) is -2.09. The number of benzene rings is 2. The zero-order chi connectivity index (χ0) is 20.3. The van der Waals surface area contributed by atoms with Gasteiger partial charge in [-0.05, 0) is 36.8 Å². The molecule has 1 aromatic heterocycles. The van der Waals surface area contributed by atoms with Crippen molar-refractivity contribution in [3.63, 3.8) is 0 Å². The number of carbonyl (C=O) groups excluding carboxylic acids is 1. The zero-order valence-electron chi connectivity index (χ0n) is 15.9. The molecular formula is C21H23FN2O3S. The van der Waals surface area contributed by atoms with Gasteiger partial charge in [-0.15, -0.1) is 0 Å². The van der Waals surface area contributed by atoms with Gasteiger partial charge in [0.1, 0.15) is 12.4 Å². The van der Waals surface area contributed by atoms with E-state index in [2.05, 4.69) is 6.92 Å². The summed E-state index contributed by atoms with van der Waals surface area (Å²) in [5.74, 6) is -0.581. The second kappa shape index (κ2) is 8.14. The predicted molar refractivity (Wildman–Crippen MR) is 106 cm³/mol. The Kier molecular flexibility index (Phi) is 5.84. The van der Waals surface area contributed by atoms with Crippen LogP contribution in [0.1, 0.15) is 19.8 Å². The van der Waals surface area contributed by atoms with Crippen molar-refractivity contribution in [3.05, 3.63) is 60.5 Å². The van der Waals surface area contributed by atoms with Gasteiger partial charge in [0.05, 0.1) is 9.79 Å².